The quantitative estimate of drug-likeness (QED) is 0.588. The van der Waals surface area contributed by atoms with Crippen molar-refractivity contribution in [2.75, 3.05) is 33.2 Å². The molecule has 0 spiro atoms. The molecule has 0 aliphatic carbocycles. The van der Waals surface area contributed by atoms with E-state index in [9.17, 15) is 9.59 Å². The number of rotatable bonds is 7. The molecule has 1 fully saturated rings. The van der Waals surface area contributed by atoms with Crippen LogP contribution < -0.4 is 10.6 Å². The van der Waals surface area contributed by atoms with Gasteiger partial charge in [0.15, 0.2) is 0 Å². The Kier molecular flexibility index (Phi) is 5.85. The fourth-order valence-electron chi connectivity index (χ4n) is 1.77. The smallest absolute Gasteiger partial charge is 0.222 e. The second-order valence-corrected chi connectivity index (χ2v) is 4.04. The maximum absolute atomic E-state index is 11.3. The molecule has 0 radical (unpaired) electrons. The largest absolute Gasteiger partial charge is 0.356 e. The van der Waals surface area contributed by atoms with Gasteiger partial charge in [0, 0.05) is 39.0 Å². The van der Waals surface area contributed by atoms with Crippen LogP contribution in [0.2, 0.25) is 0 Å². The molecule has 0 aromatic carbocycles. The summed E-state index contributed by atoms with van der Waals surface area (Å²) in [6, 6.07) is 0. The molecule has 5 nitrogen and oxygen atoms in total. The van der Waals surface area contributed by atoms with Gasteiger partial charge in [0.1, 0.15) is 0 Å². The van der Waals surface area contributed by atoms with Crippen LogP contribution in [0.3, 0.4) is 0 Å². The summed E-state index contributed by atoms with van der Waals surface area (Å²) in [7, 11) is 1.83. The standard InChI is InChI=1S/C11H21N3O2/c1-12-7-5-10(15)13-6-3-9-14-8-2-4-11(14)16/h12H,2-9H2,1H3,(H,13,15). The molecule has 0 unspecified atom stereocenters. The summed E-state index contributed by atoms with van der Waals surface area (Å²) in [5.41, 5.74) is 0. The van der Waals surface area contributed by atoms with Gasteiger partial charge in [-0.05, 0) is 19.9 Å². The Hall–Kier alpha value is -1.10. The summed E-state index contributed by atoms with van der Waals surface area (Å²) in [5.74, 6) is 0.323. The predicted octanol–water partition coefficient (Wildman–Crippen LogP) is -0.275. The van der Waals surface area contributed by atoms with E-state index in [-0.39, 0.29) is 11.8 Å². The van der Waals surface area contributed by atoms with E-state index >= 15 is 0 Å². The van der Waals surface area contributed by atoms with E-state index < -0.39 is 0 Å². The van der Waals surface area contributed by atoms with Crippen LogP contribution in [0.1, 0.15) is 25.7 Å². The summed E-state index contributed by atoms with van der Waals surface area (Å²) < 4.78 is 0. The van der Waals surface area contributed by atoms with Crippen LogP contribution >= 0.6 is 0 Å². The van der Waals surface area contributed by atoms with E-state index in [1.54, 1.807) is 0 Å². The van der Waals surface area contributed by atoms with Crippen molar-refractivity contribution < 1.29 is 9.59 Å². The van der Waals surface area contributed by atoms with Crippen LogP contribution in [0.15, 0.2) is 0 Å². The number of nitrogens with zero attached hydrogens (tertiary/aromatic N) is 1. The highest BCUT2D eigenvalue weighted by Crippen LogP contribution is 2.09. The zero-order valence-electron chi connectivity index (χ0n) is 9.92. The van der Waals surface area contributed by atoms with Crippen LogP contribution in [0.25, 0.3) is 0 Å². The van der Waals surface area contributed by atoms with Crippen LogP contribution in [0, 0.1) is 0 Å². The molecule has 16 heavy (non-hydrogen) atoms. The van der Waals surface area contributed by atoms with Gasteiger partial charge in [-0.1, -0.05) is 0 Å². The lowest BCUT2D eigenvalue weighted by Gasteiger charge is -2.15. The normalized spacial score (nSPS) is 15.6. The molecule has 1 aliphatic rings. The molecular weight excluding hydrogens is 206 g/mol. The number of carbonyl (C=O) groups is 2. The molecule has 0 saturated carbocycles. The van der Waals surface area contributed by atoms with Crippen molar-refractivity contribution in [1.29, 1.82) is 0 Å². The first-order chi connectivity index (χ1) is 7.74. The minimum absolute atomic E-state index is 0.0714. The average Bonchev–Trinajstić information content (AvgIpc) is 2.67. The maximum Gasteiger partial charge on any atom is 0.222 e. The number of carbonyl (C=O) groups excluding carboxylic acids is 2. The third-order valence-electron chi connectivity index (χ3n) is 2.70. The first-order valence-corrected chi connectivity index (χ1v) is 5.93. The lowest BCUT2D eigenvalue weighted by atomic mass is 10.3. The number of hydrogen-bond donors (Lipinski definition) is 2. The Morgan fingerprint density at radius 1 is 1.44 bits per heavy atom. The van der Waals surface area contributed by atoms with Gasteiger partial charge in [-0.3, -0.25) is 9.59 Å². The van der Waals surface area contributed by atoms with Crippen LogP contribution in [0.5, 0.6) is 0 Å². The Labute approximate surface area is 96.6 Å². The van der Waals surface area contributed by atoms with E-state index in [0.717, 1.165) is 25.9 Å². The zero-order chi connectivity index (χ0) is 11.8. The Morgan fingerprint density at radius 3 is 2.88 bits per heavy atom. The summed E-state index contributed by atoms with van der Waals surface area (Å²) in [6.07, 6.45) is 3.03. The zero-order valence-corrected chi connectivity index (χ0v) is 9.92. The van der Waals surface area contributed by atoms with Crippen LogP contribution in [-0.2, 0) is 9.59 Å². The maximum atomic E-state index is 11.3. The molecule has 2 N–H and O–H groups in total. The fourth-order valence-corrected chi connectivity index (χ4v) is 1.77. The number of hydrogen-bond acceptors (Lipinski definition) is 3. The number of amides is 2. The first-order valence-electron chi connectivity index (χ1n) is 5.93. The monoisotopic (exact) mass is 227 g/mol. The summed E-state index contributed by atoms with van der Waals surface area (Å²) in [4.78, 5) is 24.4. The fraction of sp³-hybridized carbons (Fsp3) is 0.818. The lowest BCUT2D eigenvalue weighted by Crippen LogP contribution is -2.31. The molecule has 92 valence electrons. The van der Waals surface area contributed by atoms with Crippen molar-refractivity contribution in [3.8, 4) is 0 Å². The highest BCUT2D eigenvalue weighted by molar-refractivity contribution is 5.78. The van der Waals surface area contributed by atoms with E-state index in [2.05, 4.69) is 10.6 Å². The minimum Gasteiger partial charge on any atom is -0.356 e. The Balaban J connectivity index is 1.99. The molecule has 0 aromatic rings. The first kappa shape index (κ1) is 13.0. The van der Waals surface area contributed by atoms with Gasteiger partial charge < -0.3 is 15.5 Å². The molecule has 0 aromatic heterocycles. The summed E-state index contributed by atoms with van der Waals surface area (Å²) in [5, 5.41) is 5.77. The average molecular weight is 227 g/mol. The van der Waals surface area contributed by atoms with Gasteiger partial charge in [0.25, 0.3) is 0 Å². The topological polar surface area (TPSA) is 61.4 Å². The van der Waals surface area contributed by atoms with Crippen molar-refractivity contribution in [3.05, 3.63) is 0 Å². The van der Waals surface area contributed by atoms with Crippen molar-refractivity contribution in [2.45, 2.75) is 25.7 Å². The van der Waals surface area contributed by atoms with Gasteiger partial charge in [-0.2, -0.15) is 0 Å². The van der Waals surface area contributed by atoms with E-state index in [1.165, 1.54) is 0 Å². The highest BCUT2D eigenvalue weighted by atomic mass is 16.2. The second-order valence-electron chi connectivity index (χ2n) is 4.04. The highest BCUT2D eigenvalue weighted by Gasteiger charge is 2.18. The third kappa shape index (κ3) is 4.61. The lowest BCUT2D eigenvalue weighted by molar-refractivity contribution is -0.127. The van der Waals surface area contributed by atoms with Gasteiger partial charge in [-0.25, -0.2) is 0 Å². The molecule has 1 heterocycles. The van der Waals surface area contributed by atoms with E-state index in [1.807, 2.05) is 11.9 Å². The molecule has 5 heteroatoms. The molecule has 2 amide bonds. The molecule has 1 rings (SSSR count). The summed E-state index contributed by atoms with van der Waals surface area (Å²) >= 11 is 0. The molecular formula is C11H21N3O2. The SMILES string of the molecule is CNCCC(=O)NCCCN1CCCC1=O. The number of likely N-dealkylation sites (tertiary alicyclic amines) is 1. The number of nitrogens with one attached hydrogen (secondary N) is 2. The summed E-state index contributed by atoms with van der Waals surface area (Å²) in [6.45, 7) is 3.01. The molecule has 1 saturated heterocycles. The minimum atomic E-state index is 0.0714. The van der Waals surface area contributed by atoms with Gasteiger partial charge >= 0.3 is 0 Å². The van der Waals surface area contributed by atoms with Crippen molar-refractivity contribution in [1.82, 2.24) is 15.5 Å². The van der Waals surface area contributed by atoms with Crippen LogP contribution in [-0.4, -0.2) is 49.9 Å². The second kappa shape index (κ2) is 7.22. The Morgan fingerprint density at radius 2 is 2.25 bits per heavy atom. The van der Waals surface area contributed by atoms with Crippen molar-refractivity contribution >= 4 is 11.8 Å². The van der Waals surface area contributed by atoms with Crippen LogP contribution in [0.4, 0.5) is 0 Å². The Bertz CT molecular complexity index is 243. The molecule has 1 aliphatic heterocycles. The molecule has 0 bridgehead atoms. The van der Waals surface area contributed by atoms with E-state index in [0.29, 0.717) is 25.9 Å². The van der Waals surface area contributed by atoms with Crippen molar-refractivity contribution in [3.63, 3.8) is 0 Å². The van der Waals surface area contributed by atoms with Gasteiger partial charge in [-0.15, -0.1) is 0 Å². The van der Waals surface area contributed by atoms with Gasteiger partial charge in [0.2, 0.25) is 11.8 Å². The van der Waals surface area contributed by atoms with Gasteiger partial charge in [0.05, 0.1) is 0 Å². The van der Waals surface area contributed by atoms with Crippen molar-refractivity contribution in [2.24, 2.45) is 0 Å². The predicted molar refractivity (Wildman–Crippen MR) is 62.0 cm³/mol. The molecule has 0 atom stereocenters. The van der Waals surface area contributed by atoms with E-state index in [4.69, 9.17) is 0 Å². The third-order valence-corrected chi connectivity index (χ3v) is 2.70.